The smallest absolute Gasteiger partial charge is 0.407 e. The lowest BCUT2D eigenvalue weighted by Crippen LogP contribution is -2.61. The Kier molecular flexibility index (Phi) is 11.0. The van der Waals surface area contributed by atoms with E-state index in [-0.39, 0.29) is 41.6 Å². The summed E-state index contributed by atoms with van der Waals surface area (Å²) >= 11 is 0. The number of urea groups is 1. The van der Waals surface area contributed by atoms with Crippen molar-refractivity contribution in [1.82, 2.24) is 26.2 Å². The molecule has 2 saturated carbocycles. The molecule has 0 radical (unpaired) electrons. The molecular weight excluding hydrogens is 664 g/mol. The first kappa shape index (κ1) is 39.1. The van der Waals surface area contributed by atoms with Gasteiger partial charge in [-0.15, -0.1) is 0 Å². The summed E-state index contributed by atoms with van der Waals surface area (Å²) in [6.45, 7) is 15.6. The molecule has 0 aromatic heterocycles. The Balaban J connectivity index is 1.37. The van der Waals surface area contributed by atoms with Crippen molar-refractivity contribution >= 4 is 35.6 Å². The number of piperidine rings is 1. The lowest BCUT2D eigenvalue weighted by atomic mass is 9.80. The lowest BCUT2D eigenvalue weighted by Gasteiger charge is -2.36. The summed E-state index contributed by atoms with van der Waals surface area (Å²) in [5.74, 6) is -2.96. The first-order chi connectivity index (χ1) is 24.2. The first-order valence-corrected chi connectivity index (χ1v) is 18.7. The molecular formula is C39H58N6O7. The molecule has 5 rings (SSSR count). The van der Waals surface area contributed by atoms with E-state index in [0.29, 0.717) is 25.8 Å². The third-order valence-electron chi connectivity index (χ3n) is 11.7. The number of hydrogen-bond donors (Lipinski definition) is 5. The highest BCUT2D eigenvalue weighted by atomic mass is 16.5. The van der Waals surface area contributed by atoms with Gasteiger partial charge in [0.2, 0.25) is 17.6 Å². The van der Waals surface area contributed by atoms with Crippen LogP contribution in [0.4, 0.5) is 9.59 Å². The van der Waals surface area contributed by atoms with E-state index >= 15 is 0 Å². The van der Waals surface area contributed by atoms with Gasteiger partial charge in [-0.3, -0.25) is 19.2 Å². The lowest BCUT2D eigenvalue weighted by molar-refractivity contribution is -0.144. The van der Waals surface area contributed by atoms with Crippen LogP contribution in [0.5, 0.6) is 0 Å². The van der Waals surface area contributed by atoms with E-state index in [1.807, 2.05) is 65.8 Å². The number of nitrogens with one attached hydrogen (secondary N) is 4. The number of Topliss-reactive ketones (excluding diaryl/α,β-unsaturated/α-hetero) is 1. The molecule has 6 amide bonds. The number of ether oxygens (including phenoxy) is 1. The van der Waals surface area contributed by atoms with E-state index in [0.717, 1.165) is 30.4 Å². The molecule has 3 fully saturated rings. The van der Waals surface area contributed by atoms with Crippen LogP contribution in [0, 0.1) is 34.5 Å². The number of hydrogen-bond acceptors (Lipinski definition) is 7. The number of amides is 6. The number of benzene rings is 1. The number of primary amides is 1. The number of nitrogens with two attached hydrogens (primary N) is 1. The molecule has 3 aliphatic carbocycles. The van der Waals surface area contributed by atoms with Crippen LogP contribution in [0.25, 0.3) is 0 Å². The molecule has 0 spiro atoms. The normalized spacial score (nSPS) is 23.9. The van der Waals surface area contributed by atoms with Crippen LogP contribution in [0.1, 0.15) is 92.2 Å². The number of carbonyl (C=O) groups is 6. The highest BCUT2D eigenvalue weighted by Gasteiger charge is 2.70. The van der Waals surface area contributed by atoms with Gasteiger partial charge in [0.05, 0.1) is 12.1 Å². The van der Waals surface area contributed by atoms with Crippen LogP contribution < -0.4 is 27.0 Å². The molecule has 1 aliphatic heterocycles. The summed E-state index contributed by atoms with van der Waals surface area (Å²) in [5, 5.41) is 11.5. The Bertz CT molecular complexity index is 1550. The van der Waals surface area contributed by atoms with Gasteiger partial charge in [-0.25, -0.2) is 9.59 Å². The molecule has 1 heterocycles. The summed E-state index contributed by atoms with van der Waals surface area (Å²) < 4.78 is 5.49. The third kappa shape index (κ3) is 8.71. The molecule has 13 heteroatoms. The number of carbonyl (C=O) groups excluding carboxylic acids is 6. The van der Waals surface area contributed by atoms with Crippen LogP contribution in [-0.4, -0.2) is 83.4 Å². The van der Waals surface area contributed by atoms with Crippen molar-refractivity contribution < 1.29 is 33.5 Å². The predicted octanol–water partition coefficient (Wildman–Crippen LogP) is 3.22. The standard InChI is InChI=1S/C39H58N6O7/c1-37(2,3)27(20-52-36(51)44-38(4,5)6)42-35(50)43-29(24-17-22-14-9-10-15-23(22)18-24)34(49)45-19-25-28(39(25,7)8)30(45)33(48)41-26(31(46)32(40)47)16-21-12-11-13-21/h9-10,14-15,21,24-30H,11-13,16-20H2,1-8H3,(H2,40,47)(H,41,48)(H,44,51)(H2,42,43,50)/t25-,26?,27+,28-,29-,30-/m0/s1. The van der Waals surface area contributed by atoms with Crippen molar-refractivity contribution in [3.05, 3.63) is 35.4 Å². The van der Waals surface area contributed by atoms with Crippen molar-refractivity contribution in [1.29, 1.82) is 0 Å². The highest BCUT2D eigenvalue weighted by Crippen LogP contribution is 2.65. The number of ketones is 1. The maximum atomic E-state index is 14.8. The SMILES string of the molecule is CC(C)(C)NC(=O)OC[C@@H](NC(=O)N[C@H](C(=O)N1C[C@H]2[C@@H]([C@H]1C(=O)NC(CC1CCC1)C(=O)C(N)=O)C2(C)C)C1Cc2ccccc2C1)C(C)(C)C. The van der Waals surface area contributed by atoms with Gasteiger partial charge in [0.15, 0.2) is 0 Å². The molecule has 286 valence electrons. The largest absolute Gasteiger partial charge is 0.447 e. The number of rotatable bonds is 12. The first-order valence-electron chi connectivity index (χ1n) is 18.7. The summed E-state index contributed by atoms with van der Waals surface area (Å²) in [5.41, 5.74) is 6.37. The second kappa shape index (κ2) is 14.7. The molecule has 0 bridgehead atoms. The predicted molar refractivity (Wildman–Crippen MR) is 195 cm³/mol. The highest BCUT2D eigenvalue weighted by molar-refractivity contribution is 6.37. The van der Waals surface area contributed by atoms with Gasteiger partial charge in [-0.05, 0) is 85.7 Å². The van der Waals surface area contributed by atoms with Gasteiger partial charge in [0, 0.05) is 12.1 Å². The number of fused-ring (bicyclic) bond motifs is 2. The minimum atomic E-state index is -1.10. The van der Waals surface area contributed by atoms with Crippen LogP contribution in [0.2, 0.25) is 0 Å². The summed E-state index contributed by atoms with van der Waals surface area (Å²) in [7, 11) is 0. The monoisotopic (exact) mass is 722 g/mol. The van der Waals surface area contributed by atoms with Gasteiger partial charge < -0.3 is 36.6 Å². The Morgan fingerprint density at radius 3 is 2.08 bits per heavy atom. The number of likely N-dealkylation sites (tertiary alicyclic amines) is 1. The van der Waals surface area contributed by atoms with E-state index in [2.05, 4.69) is 35.1 Å². The fourth-order valence-electron chi connectivity index (χ4n) is 8.27. The molecule has 1 aromatic carbocycles. The number of nitrogens with zero attached hydrogens (tertiary/aromatic N) is 1. The zero-order valence-corrected chi connectivity index (χ0v) is 32.0. The van der Waals surface area contributed by atoms with E-state index in [1.165, 1.54) is 0 Å². The van der Waals surface area contributed by atoms with Crippen molar-refractivity contribution in [2.45, 2.75) is 124 Å². The molecule has 52 heavy (non-hydrogen) atoms. The van der Waals surface area contributed by atoms with E-state index in [1.54, 1.807) is 4.90 Å². The molecule has 13 nitrogen and oxygen atoms in total. The molecule has 1 aromatic rings. The maximum absolute atomic E-state index is 14.8. The van der Waals surface area contributed by atoms with Gasteiger partial charge in [-0.1, -0.05) is 78.1 Å². The van der Waals surface area contributed by atoms with E-state index in [4.69, 9.17) is 10.5 Å². The van der Waals surface area contributed by atoms with E-state index in [9.17, 15) is 28.8 Å². The number of alkyl carbamates (subject to hydrolysis) is 1. The summed E-state index contributed by atoms with van der Waals surface area (Å²) in [6.07, 6.45) is 3.70. The molecule has 1 saturated heterocycles. The van der Waals surface area contributed by atoms with E-state index < -0.39 is 64.8 Å². The van der Waals surface area contributed by atoms with Crippen LogP contribution in [-0.2, 0) is 36.8 Å². The zero-order chi connectivity index (χ0) is 38.3. The molecule has 6 N–H and O–H groups in total. The Morgan fingerprint density at radius 2 is 1.56 bits per heavy atom. The van der Waals surface area contributed by atoms with Gasteiger partial charge in [0.25, 0.3) is 5.91 Å². The third-order valence-corrected chi connectivity index (χ3v) is 11.7. The zero-order valence-electron chi connectivity index (χ0n) is 32.0. The van der Waals surface area contributed by atoms with Crippen LogP contribution >= 0.6 is 0 Å². The Morgan fingerprint density at radius 1 is 0.942 bits per heavy atom. The Labute approximate surface area is 307 Å². The maximum Gasteiger partial charge on any atom is 0.407 e. The fourth-order valence-corrected chi connectivity index (χ4v) is 8.27. The van der Waals surface area contributed by atoms with Crippen molar-refractivity contribution in [3.63, 3.8) is 0 Å². The molecule has 6 atom stereocenters. The Hall–Kier alpha value is -4.16. The van der Waals surface area contributed by atoms with Crippen LogP contribution in [0.15, 0.2) is 24.3 Å². The average molecular weight is 723 g/mol. The summed E-state index contributed by atoms with van der Waals surface area (Å²) in [4.78, 5) is 81.6. The molecule has 1 unspecified atom stereocenters. The van der Waals surface area contributed by atoms with Crippen molar-refractivity contribution in [3.8, 4) is 0 Å². The summed E-state index contributed by atoms with van der Waals surface area (Å²) in [6, 6.07) is 3.84. The van der Waals surface area contributed by atoms with Crippen molar-refractivity contribution in [2.24, 2.45) is 40.2 Å². The topological polar surface area (TPSA) is 189 Å². The van der Waals surface area contributed by atoms with Gasteiger partial charge >= 0.3 is 12.1 Å². The van der Waals surface area contributed by atoms with Gasteiger partial charge in [-0.2, -0.15) is 0 Å². The second-order valence-electron chi connectivity index (χ2n) is 18.1. The molecule has 4 aliphatic rings. The van der Waals surface area contributed by atoms with Gasteiger partial charge in [0.1, 0.15) is 18.7 Å². The second-order valence-corrected chi connectivity index (χ2v) is 18.1. The average Bonchev–Trinajstić information content (AvgIpc) is 3.38. The van der Waals surface area contributed by atoms with Crippen molar-refractivity contribution in [2.75, 3.05) is 13.2 Å². The fraction of sp³-hybridized carbons (Fsp3) is 0.692. The minimum absolute atomic E-state index is 0.0565. The quantitative estimate of drug-likeness (QED) is 0.205. The van der Waals surface area contributed by atoms with Crippen LogP contribution in [0.3, 0.4) is 0 Å². The minimum Gasteiger partial charge on any atom is -0.447 e.